The van der Waals surface area contributed by atoms with Gasteiger partial charge in [-0.15, -0.1) is 0 Å². The Kier molecular flexibility index (Phi) is 7.24. The lowest BCUT2D eigenvalue weighted by atomic mass is 10.1. The van der Waals surface area contributed by atoms with Gasteiger partial charge in [-0.1, -0.05) is 25.1 Å². The highest BCUT2D eigenvalue weighted by atomic mass is 19.3. The molecule has 1 saturated heterocycles. The first-order valence-corrected chi connectivity index (χ1v) is 8.32. The molecule has 1 aliphatic heterocycles. The van der Waals surface area contributed by atoms with E-state index in [0.29, 0.717) is 24.0 Å². The van der Waals surface area contributed by atoms with Gasteiger partial charge in [0.25, 0.3) is 0 Å². The van der Waals surface area contributed by atoms with E-state index < -0.39 is 6.61 Å². The molecule has 0 saturated carbocycles. The number of likely N-dealkylation sites (tertiary alicyclic amines) is 1. The number of nitrogens with one attached hydrogen (secondary N) is 2. The van der Waals surface area contributed by atoms with E-state index in [1.165, 1.54) is 12.5 Å². The van der Waals surface area contributed by atoms with E-state index in [-0.39, 0.29) is 5.75 Å². The second kappa shape index (κ2) is 9.42. The van der Waals surface area contributed by atoms with Crippen molar-refractivity contribution in [3.8, 4) is 5.75 Å². The van der Waals surface area contributed by atoms with E-state index in [2.05, 4.69) is 32.2 Å². The van der Waals surface area contributed by atoms with Gasteiger partial charge in [-0.25, -0.2) is 0 Å². The number of ether oxygens (including phenoxy) is 1. The van der Waals surface area contributed by atoms with Crippen LogP contribution in [0.25, 0.3) is 0 Å². The fourth-order valence-corrected chi connectivity index (χ4v) is 2.87. The number of rotatable bonds is 7. The quantitative estimate of drug-likeness (QED) is 0.591. The van der Waals surface area contributed by atoms with Crippen LogP contribution in [0.1, 0.15) is 18.9 Å². The largest absolute Gasteiger partial charge is 0.434 e. The van der Waals surface area contributed by atoms with Gasteiger partial charge in [-0.2, -0.15) is 8.78 Å². The topological polar surface area (TPSA) is 48.9 Å². The fourth-order valence-electron chi connectivity index (χ4n) is 2.87. The lowest BCUT2D eigenvalue weighted by Crippen LogP contribution is -2.40. The highest BCUT2D eigenvalue weighted by Crippen LogP contribution is 2.20. The number of alkyl halides is 2. The summed E-state index contributed by atoms with van der Waals surface area (Å²) in [6.07, 6.45) is 1.18. The number of aliphatic imine (C=N–C) groups is 1. The number of para-hydroxylation sites is 1. The molecule has 1 aromatic rings. The molecule has 1 atom stereocenters. The van der Waals surface area contributed by atoms with Crippen molar-refractivity contribution >= 4 is 5.96 Å². The van der Waals surface area contributed by atoms with Gasteiger partial charge in [0, 0.05) is 32.2 Å². The van der Waals surface area contributed by atoms with Crippen LogP contribution in [0, 0.1) is 5.92 Å². The molecule has 24 heavy (non-hydrogen) atoms. The molecular formula is C17H26F2N4O. The maximum absolute atomic E-state index is 12.4. The van der Waals surface area contributed by atoms with E-state index >= 15 is 0 Å². The summed E-state index contributed by atoms with van der Waals surface area (Å²) in [5.41, 5.74) is 0.666. The summed E-state index contributed by atoms with van der Waals surface area (Å²) >= 11 is 0. The fraction of sp³-hybridized carbons (Fsp3) is 0.588. The Labute approximate surface area is 142 Å². The number of nitrogens with zero attached hydrogens (tertiary/aromatic N) is 2. The van der Waals surface area contributed by atoms with Crippen LogP contribution in [0.15, 0.2) is 29.3 Å². The van der Waals surface area contributed by atoms with Gasteiger partial charge in [-0.3, -0.25) is 4.99 Å². The van der Waals surface area contributed by atoms with Crippen LogP contribution in [-0.4, -0.2) is 50.7 Å². The number of halogens is 2. The Morgan fingerprint density at radius 1 is 1.38 bits per heavy atom. The van der Waals surface area contributed by atoms with Crippen molar-refractivity contribution in [1.29, 1.82) is 0 Å². The highest BCUT2D eigenvalue weighted by Gasteiger charge is 2.21. The molecule has 0 aromatic heterocycles. The third-order valence-electron chi connectivity index (χ3n) is 4.23. The summed E-state index contributed by atoms with van der Waals surface area (Å²) in [4.78, 5) is 6.62. The predicted octanol–water partition coefficient (Wildman–Crippen LogP) is 2.29. The first kappa shape index (κ1) is 18.4. The molecule has 134 valence electrons. The van der Waals surface area contributed by atoms with Crippen molar-refractivity contribution in [1.82, 2.24) is 15.5 Å². The van der Waals surface area contributed by atoms with Crippen LogP contribution in [0.2, 0.25) is 0 Å². The summed E-state index contributed by atoms with van der Waals surface area (Å²) in [6, 6.07) is 6.77. The molecular weight excluding hydrogens is 314 g/mol. The average molecular weight is 340 g/mol. The van der Waals surface area contributed by atoms with Gasteiger partial charge in [0.1, 0.15) is 5.75 Å². The van der Waals surface area contributed by atoms with Crippen LogP contribution in [0.4, 0.5) is 8.78 Å². The maximum Gasteiger partial charge on any atom is 0.387 e. The summed E-state index contributed by atoms with van der Waals surface area (Å²) in [6.45, 7) is 3.91. The predicted molar refractivity (Wildman–Crippen MR) is 91.5 cm³/mol. The van der Waals surface area contributed by atoms with Crippen LogP contribution in [-0.2, 0) is 6.54 Å². The zero-order valence-corrected chi connectivity index (χ0v) is 14.3. The molecule has 5 nitrogen and oxygen atoms in total. The molecule has 7 heteroatoms. The van der Waals surface area contributed by atoms with Gasteiger partial charge in [0.15, 0.2) is 5.96 Å². The normalized spacial score (nSPS) is 18.9. The Hall–Kier alpha value is -1.89. The zero-order chi connectivity index (χ0) is 17.4. The molecule has 2 N–H and O–H groups in total. The smallest absolute Gasteiger partial charge is 0.387 e. The molecule has 1 fully saturated rings. The third kappa shape index (κ3) is 5.63. The third-order valence-corrected chi connectivity index (χ3v) is 4.23. The minimum atomic E-state index is -2.83. The first-order valence-electron chi connectivity index (χ1n) is 8.32. The Morgan fingerprint density at radius 2 is 2.17 bits per heavy atom. The van der Waals surface area contributed by atoms with E-state index in [0.717, 1.165) is 26.2 Å². The van der Waals surface area contributed by atoms with E-state index in [1.54, 1.807) is 25.2 Å². The second-order valence-corrected chi connectivity index (χ2v) is 5.84. The average Bonchev–Trinajstić information content (AvgIpc) is 3.04. The van der Waals surface area contributed by atoms with Crippen LogP contribution in [0.5, 0.6) is 5.75 Å². The number of guanidine groups is 1. The SMILES string of the molecule is CCN1CCC(CNC(=NC)NCc2ccccc2OC(F)F)C1. The summed E-state index contributed by atoms with van der Waals surface area (Å²) in [5, 5.41) is 6.46. The molecule has 0 spiro atoms. The molecule has 1 heterocycles. The van der Waals surface area contributed by atoms with Crippen LogP contribution in [0.3, 0.4) is 0 Å². The number of benzene rings is 1. The Bertz CT molecular complexity index is 539. The molecule has 0 radical (unpaired) electrons. The van der Waals surface area contributed by atoms with Gasteiger partial charge in [0.2, 0.25) is 0 Å². The molecule has 0 aliphatic carbocycles. The monoisotopic (exact) mass is 340 g/mol. The second-order valence-electron chi connectivity index (χ2n) is 5.84. The van der Waals surface area contributed by atoms with Crippen molar-refractivity contribution < 1.29 is 13.5 Å². The number of hydrogen-bond acceptors (Lipinski definition) is 3. The van der Waals surface area contributed by atoms with Gasteiger partial charge < -0.3 is 20.3 Å². The lowest BCUT2D eigenvalue weighted by Gasteiger charge is -2.17. The number of hydrogen-bond donors (Lipinski definition) is 2. The van der Waals surface area contributed by atoms with E-state index in [1.807, 2.05) is 0 Å². The van der Waals surface area contributed by atoms with Crippen LogP contribution < -0.4 is 15.4 Å². The molecule has 1 aliphatic rings. The minimum absolute atomic E-state index is 0.185. The Balaban J connectivity index is 1.82. The van der Waals surface area contributed by atoms with E-state index in [9.17, 15) is 8.78 Å². The molecule has 0 amide bonds. The van der Waals surface area contributed by atoms with Gasteiger partial charge >= 0.3 is 6.61 Å². The molecule has 1 unspecified atom stereocenters. The minimum Gasteiger partial charge on any atom is -0.434 e. The Morgan fingerprint density at radius 3 is 2.83 bits per heavy atom. The lowest BCUT2D eigenvalue weighted by molar-refractivity contribution is -0.0504. The van der Waals surface area contributed by atoms with Gasteiger partial charge in [0.05, 0.1) is 0 Å². The summed E-state index contributed by atoms with van der Waals surface area (Å²) in [7, 11) is 1.70. The van der Waals surface area contributed by atoms with Crippen molar-refractivity contribution in [3.63, 3.8) is 0 Å². The first-order chi connectivity index (χ1) is 11.6. The molecule has 1 aromatic carbocycles. The summed E-state index contributed by atoms with van der Waals surface area (Å²) < 4.78 is 29.4. The standard InChI is InChI=1S/C17H26F2N4O/c1-3-23-9-8-13(12-23)10-21-17(20-2)22-11-14-6-4-5-7-15(14)24-16(18)19/h4-7,13,16H,3,8-12H2,1-2H3,(H2,20,21,22). The van der Waals surface area contributed by atoms with Gasteiger partial charge in [-0.05, 0) is 31.5 Å². The highest BCUT2D eigenvalue weighted by molar-refractivity contribution is 5.79. The molecule has 0 bridgehead atoms. The van der Waals surface area contributed by atoms with Crippen molar-refractivity contribution in [3.05, 3.63) is 29.8 Å². The van der Waals surface area contributed by atoms with Crippen molar-refractivity contribution in [2.75, 3.05) is 33.2 Å². The van der Waals surface area contributed by atoms with Crippen molar-refractivity contribution in [2.45, 2.75) is 26.5 Å². The maximum atomic E-state index is 12.4. The summed E-state index contributed by atoms with van der Waals surface area (Å²) in [5.74, 6) is 1.46. The van der Waals surface area contributed by atoms with E-state index in [4.69, 9.17) is 0 Å². The molecule has 2 rings (SSSR count). The van der Waals surface area contributed by atoms with Crippen molar-refractivity contribution in [2.24, 2.45) is 10.9 Å². The van der Waals surface area contributed by atoms with Crippen LogP contribution >= 0.6 is 0 Å². The zero-order valence-electron chi connectivity index (χ0n) is 14.3.